The zero-order valence-corrected chi connectivity index (χ0v) is 12.8. The number of amides is 1. The Labute approximate surface area is 137 Å². The Hall–Kier alpha value is -3.48. The minimum absolute atomic E-state index is 0.106. The lowest BCUT2D eigenvalue weighted by atomic mass is 10.3. The number of hydrogen-bond acceptors (Lipinski definition) is 4. The van der Waals surface area contributed by atoms with Crippen LogP contribution in [-0.4, -0.2) is 20.1 Å². The lowest BCUT2D eigenvalue weighted by Gasteiger charge is -2.02. The summed E-state index contributed by atoms with van der Waals surface area (Å²) in [4.78, 5) is 23.9. The van der Waals surface area contributed by atoms with Crippen molar-refractivity contribution in [3.63, 3.8) is 0 Å². The summed E-state index contributed by atoms with van der Waals surface area (Å²) in [6, 6.07) is 17.4. The van der Waals surface area contributed by atoms with Crippen LogP contribution in [0.4, 0.5) is 5.82 Å². The molecule has 0 spiro atoms. The predicted molar refractivity (Wildman–Crippen MR) is 88.2 cm³/mol. The minimum atomic E-state index is -0.533. The van der Waals surface area contributed by atoms with E-state index in [-0.39, 0.29) is 11.7 Å². The SMILES string of the molecule is CC(=O)N=Nc1c(O)n(-c2ccccc2)c(=O)n1-c1ccccc1. The van der Waals surface area contributed by atoms with Gasteiger partial charge in [0.2, 0.25) is 11.7 Å². The number of hydrogen-bond donors (Lipinski definition) is 1. The van der Waals surface area contributed by atoms with Gasteiger partial charge >= 0.3 is 5.69 Å². The van der Waals surface area contributed by atoms with Crippen molar-refractivity contribution in [1.82, 2.24) is 9.13 Å². The Morgan fingerprint density at radius 2 is 1.42 bits per heavy atom. The van der Waals surface area contributed by atoms with Gasteiger partial charge < -0.3 is 5.11 Å². The van der Waals surface area contributed by atoms with Crippen LogP contribution in [0.1, 0.15) is 6.92 Å². The fourth-order valence-corrected chi connectivity index (χ4v) is 2.31. The maximum Gasteiger partial charge on any atom is 0.342 e. The highest BCUT2D eigenvalue weighted by atomic mass is 16.3. The smallest absolute Gasteiger partial charge is 0.342 e. The Kier molecular flexibility index (Phi) is 4.07. The standard InChI is InChI=1S/C17H14N4O3/c1-12(22)18-19-15-16(23)21(14-10-6-3-7-11-14)17(24)20(15)13-8-4-2-5-9-13/h2-11,23H,1H3. The number of nitrogens with zero attached hydrogens (tertiary/aromatic N) is 4. The van der Waals surface area contributed by atoms with Crippen molar-refractivity contribution < 1.29 is 9.90 Å². The molecule has 0 atom stereocenters. The van der Waals surface area contributed by atoms with Gasteiger partial charge in [-0.25, -0.2) is 13.9 Å². The lowest BCUT2D eigenvalue weighted by molar-refractivity contribution is -0.116. The molecule has 120 valence electrons. The quantitative estimate of drug-likeness (QED) is 0.752. The van der Waals surface area contributed by atoms with Crippen molar-refractivity contribution in [3.05, 3.63) is 71.1 Å². The number of azo groups is 1. The Morgan fingerprint density at radius 1 is 0.917 bits per heavy atom. The average molecular weight is 322 g/mol. The van der Waals surface area contributed by atoms with Crippen molar-refractivity contribution in [3.8, 4) is 17.3 Å². The molecule has 1 aromatic heterocycles. The van der Waals surface area contributed by atoms with Gasteiger partial charge in [-0.1, -0.05) is 36.4 Å². The van der Waals surface area contributed by atoms with Crippen molar-refractivity contribution >= 4 is 11.7 Å². The molecular weight excluding hydrogens is 308 g/mol. The first-order valence-electron chi connectivity index (χ1n) is 7.19. The number of carbonyl (C=O) groups is 1. The largest absolute Gasteiger partial charge is 0.491 e. The molecule has 3 rings (SSSR count). The zero-order valence-electron chi connectivity index (χ0n) is 12.8. The van der Waals surface area contributed by atoms with Gasteiger partial charge in [0, 0.05) is 6.92 Å². The van der Waals surface area contributed by atoms with E-state index in [9.17, 15) is 14.7 Å². The van der Waals surface area contributed by atoms with Crippen LogP contribution in [0.15, 0.2) is 75.7 Å². The van der Waals surface area contributed by atoms with E-state index in [1.807, 2.05) is 0 Å². The third-order valence-electron chi connectivity index (χ3n) is 3.32. The van der Waals surface area contributed by atoms with Crippen molar-refractivity contribution in [2.24, 2.45) is 10.2 Å². The molecule has 0 aliphatic rings. The van der Waals surface area contributed by atoms with Crippen molar-refractivity contribution in [2.75, 3.05) is 0 Å². The molecule has 0 radical (unpaired) electrons. The Bertz CT molecular complexity index is 957. The van der Waals surface area contributed by atoms with Crippen LogP contribution >= 0.6 is 0 Å². The number of rotatable bonds is 3. The molecule has 0 fully saturated rings. The van der Waals surface area contributed by atoms with Gasteiger partial charge in [-0.3, -0.25) is 4.79 Å². The summed E-state index contributed by atoms with van der Waals surface area (Å²) in [6.07, 6.45) is 0. The predicted octanol–water partition coefficient (Wildman–Crippen LogP) is 2.96. The van der Waals surface area contributed by atoms with Gasteiger partial charge in [-0.2, -0.15) is 0 Å². The van der Waals surface area contributed by atoms with Gasteiger partial charge in [-0.15, -0.1) is 10.2 Å². The molecule has 1 amide bonds. The number of aromatic hydroxyl groups is 1. The van der Waals surface area contributed by atoms with Gasteiger partial charge in [0.05, 0.1) is 11.4 Å². The molecule has 7 heteroatoms. The monoisotopic (exact) mass is 322 g/mol. The van der Waals surface area contributed by atoms with Gasteiger partial charge in [0.15, 0.2) is 0 Å². The third kappa shape index (κ3) is 2.74. The molecule has 0 aliphatic heterocycles. The Balaban J connectivity index is 2.31. The van der Waals surface area contributed by atoms with E-state index in [0.717, 1.165) is 4.57 Å². The van der Waals surface area contributed by atoms with Crippen LogP contribution in [0, 0.1) is 0 Å². The highest BCUT2D eigenvalue weighted by Gasteiger charge is 2.21. The molecule has 0 unspecified atom stereocenters. The van der Waals surface area contributed by atoms with Gasteiger partial charge in [0.25, 0.3) is 5.91 Å². The van der Waals surface area contributed by atoms with E-state index in [1.54, 1.807) is 60.7 Å². The second-order valence-corrected chi connectivity index (χ2v) is 4.99. The van der Waals surface area contributed by atoms with Crippen LogP contribution in [0.25, 0.3) is 11.4 Å². The molecule has 2 aromatic carbocycles. The second kappa shape index (κ2) is 6.33. The summed E-state index contributed by atoms with van der Waals surface area (Å²) in [7, 11) is 0. The van der Waals surface area contributed by atoms with Crippen molar-refractivity contribution in [1.29, 1.82) is 0 Å². The molecule has 24 heavy (non-hydrogen) atoms. The molecule has 0 saturated carbocycles. The molecule has 0 saturated heterocycles. The number of benzene rings is 2. The normalized spacial score (nSPS) is 11.0. The fourth-order valence-electron chi connectivity index (χ4n) is 2.31. The molecule has 1 N–H and O–H groups in total. The van der Waals surface area contributed by atoms with E-state index in [4.69, 9.17) is 0 Å². The number of carbonyl (C=O) groups excluding carboxylic acids is 1. The Morgan fingerprint density at radius 3 is 1.92 bits per heavy atom. The highest BCUT2D eigenvalue weighted by molar-refractivity contribution is 5.73. The van der Waals surface area contributed by atoms with Crippen LogP contribution in [0.5, 0.6) is 5.88 Å². The summed E-state index contributed by atoms with van der Waals surface area (Å²) in [5.74, 6) is -1.03. The summed E-state index contributed by atoms with van der Waals surface area (Å²) in [5, 5.41) is 17.7. The first-order valence-corrected chi connectivity index (χ1v) is 7.19. The zero-order chi connectivity index (χ0) is 17.1. The minimum Gasteiger partial charge on any atom is -0.491 e. The maximum atomic E-state index is 12.8. The van der Waals surface area contributed by atoms with E-state index >= 15 is 0 Å². The summed E-state index contributed by atoms with van der Waals surface area (Å²) < 4.78 is 2.32. The van der Waals surface area contributed by atoms with Crippen LogP contribution < -0.4 is 5.69 Å². The molecule has 1 heterocycles. The maximum absolute atomic E-state index is 12.8. The molecule has 7 nitrogen and oxygen atoms in total. The van der Waals surface area contributed by atoms with Crippen LogP contribution in [-0.2, 0) is 4.79 Å². The first-order chi connectivity index (χ1) is 11.6. The fraction of sp³-hybridized carbons (Fsp3) is 0.0588. The van der Waals surface area contributed by atoms with E-state index in [0.29, 0.717) is 11.4 Å². The van der Waals surface area contributed by atoms with E-state index in [2.05, 4.69) is 10.2 Å². The van der Waals surface area contributed by atoms with Crippen molar-refractivity contribution in [2.45, 2.75) is 6.92 Å². The number of para-hydroxylation sites is 2. The highest BCUT2D eigenvalue weighted by Crippen LogP contribution is 2.30. The second-order valence-electron chi connectivity index (χ2n) is 4.99. The lowest BCUT2D eigenvalue weighted by Crippen LogP contribution is -2.21. The average Bonchev–Trinajstić information content (AvgIpc) is 2.84. The van der Waals surface area contributed by atoms with Gasteiger partial charge in [-0.05, 0) is 24.3 Å². The molecular formula is C17H14N4O3. The van der Waals surface area contributed by atoms with E-state index < -0.39 is 11.6 Å². The topological polar surface area (TPSA) is 88.9 Å². The van der Waals surface area contributed by atoms with E-state index in [1.165, 1.54) is 11.5 Å². The molecule has 0 aliphatic carbocycles. The summed E-state index contributed by atoms with van der Waals surface area (Å²) in [5.41, 5.74) is 0.473. The summed E-state index contributed by atoms with van der Waals surface area (Å²) >= 11 is 0. The summed E-state index contributed by atoms with van der Waals surface area (Å²) in [6.45, 7) is 1.24. The van der Waals surface area contributed by atoms with Crippen LogP contribution in [0.3, 0.4) is 0 Å². The first kappa shape index (κ1) is 15.4. The number of imidazole rings is 1. The van der Waals surface area contributed by atoms with Gasteiger partial charge in [0.1, 0.15) is 0 Å². The van der Waals surface area contributed by atoms with Crippen LogP contribution in [0.2, 0.25) is 0 Å². The molecule has 0 bridgehead atoms. The third-order valence-corrected chi connectivity index (χ3v) is 3.32. The number of aromatic nitrogens is 2. The molecule has 3 aromatic rings.